The lowest BCUT2D eigenvalue weighted by Crippen LogP contribution is -2.04. The summed E-state index contributed by atoms with van der Waals surface area (Å²) in [6.45, 7) is 27.5. The van der Waals surface area contributed by atoms with E-state index in [1.165, 1.54) is 165 Å². The molecule has 2 heteroatoms. The minimum absolute atomic E-state index is 0.0551. The first-order valence-corrected chi connectivity index (χ1v) is 29.1. The fourth-order valence-corrected chi connectivity index (χ4v) is 8.57. The van der Waals surface area contributed by atoms with E-state index in [0.29, 0.717) is 13.0 Å². The van der Waals surface area contributed by atoms with Crippen molar-refractivity contribution in [2.24, 2.45) is 0 Å². The van der Waals surface area contributed by atoms with Gasteiger partial charge in [0.05, 0.1) is 0 Å². The van der Waals surface area contributed by atoms with Gasteiger partial charge >= 0.3 is 5.97 Å². The van der Waals surface area contributed by atoms with E-state index in [1.807, 2.05) is 0 Å². The van der Waals surface area contributed by atoms with Crippen LogP contribution in [0.15, 0.2) is 129 Å². The smallest absolute Gasteiger partial charge is 0.306 e. The zero-order chi connectivity index (χ0) is 51.9. The fraction of sp³-hybridized carbons (Fsp3) is 0.662. The number of esters is 1. The number of hydrogen-bond acceptors (Lipinski definition) is 2. The topological polar surface area (TPSA) is 26.3 Å². The van der Waals surface area contributed by atoms with Gasteiger partial charge in [0.25, 0.3) is 0 Å². The van der Waals surface area contributed by atoms with E-state index in [0.717, 1.165) is 89.9 Å². The van der Waals surface area contributed by atoms with E-state index in [4.69, 9.17) is 4.74 Å². The SMILES string of the molecule is CCCCCCCC/C=C\CCCCCCCC(=O)OC/C=C(/C)CC/C=C(\C)CC/C=C(/C)CC/C=C(/C)CC/C=C(\C)CC/C=C(/C)CC/C=C(\C)CC/C=C(/C)CC/C=C(\C)CCC=C(C)C. The molecule has 0 rings (SSSR count). The van der Waals surface area contributed by atoms with Gasteiger partial charge in [0.15, 0.2) is 0 Å². The average molecular weight is 964 g/mol. The molecule has 0 atom stereocenters. The van der Waals surface area contributed by atoms with Crippen LogP contribution in [0.5, 0.6) is 0 Å². The minimum atomic E-state index is -0.0551. The Balaban J connectivity index is 4.12. The summed E-state index contributed by atoms with van der Waals surface area (Å²) in [5, 5.41) is 0. The zero-order valence-electron chi connectivity index (χ0n) is 48.6. The van der Waals surface area contributed by atoms with Crippen LogP contribution in [-0.4, -0.2) is 12.6 Å². The molecule has 0 fully saturated rings. The zero-order valence-corrected chi connectivity index (χ0v) is 48.6. The van der Waals surface area contributed by atoms with Crippen LogP contribution in [0.4, 0.5) is 0 Å². The molecule has 0 aromatic carbocycles. The summed E-state index contributed by atoms with van der Waals surface area (Å²) in [6, 6.07) is 0. The molecule has 398 valence electrons. The quantitative estimate of drug-likeness (QED) is 0.0346. The predicted octanol–water partition coefficient (Wildman–Crippen LogP) is 23.1. The molecular formula is C68H114O2. The Labute approximate surface area is 437 Å². The van der Waals surface area contributed by atoms with Crippen LogP contribution in [0, 0.1) is 0 Å². The number of rotatable bonds is 44. The monoisotopic (exact) mass is 963 g/mol. The molecule has 0 aromatic heterocycles. The Kier molecular flexibility index (Phi) is 45.6. The molecule has 0 aliphatic rings. The Morgan fingerprint density at radius 1 is 0.286 bits per heavy atom. The molecule has 0 aliphatic carbocycles. The maximum atomic E-state index is 12.2. The van der Waals surface area contributed by atoms with Crippen molar-refractivity contribution >= 4 is 5.97 Å². The van der Waals surface area contributed by atoms with Gasteiger partial charge in [-0.25, -0.2) is 0 Å². The molecule has 0 saturated heterocycles. The second-order valence-electron chi connectivity index (χ2n) is 21.6. The van der Waals surface area contributed by atoms with Gasteiger partial charge in [0.2, 0.25) is 0 Å². The predicted molar refractivity (Wildman–Crippen MR) is 317 cm³/mol. The van der Waals surface area contributed by atoms with Crippen LogP contribution >= 0.6 is 0 Å². The van der Waals surface area contributed by atoms with Crippen molar-refractivity contribution in [3.8, 4) is 0 Å². The van der Waals surface area contributed by atoms with Crippen molar-refractivity contribution in [1.82, 2.24) is 0 Å². The standard InChI is InChI=1S/C68H114O2/c1-13-14-15-16-17-18-19-20-21-22-23-24-25-26-27-55-68(69)70-57-56-67(12)54-36-53-66(11)52-35-51-65(10)50-34-49-64(9)48-33-47-63(8)46-32-45-62(7)44-31-43-61(6)42-30-41-60(5)40-29-39-59(4)38-28-37-58(2)3/h20-21,37,39,41,43,45,47,49,51,53,56H,13-19,22-36,38,40,42,44,46,48,50,52,54-55,57H2,1-12H3/b21-20-,59-39+,60-41-,61-43+,62-45-,63-47+,64-49-,65-51-,66-53+,67-56-. The molecule has 0 spiro atoms. The molecule has 0 heterocycles. The van der Waals surface area contributed by atoms with Gasteiger partial charge in [-0.1, -0.05) is 181 Å². The van der Waals surface area contributed by atoms with Gasteiger partial charge in [0.1, 0.15) is 6.61 Å². The summed E-state index contributed by atoms with van der Waals surface area (Å²) < 4.78 is 5.50. The van der Waals surface area contributed by atoms with E-state index < -0.39 is 0 Å². The lowest BCUT2D eigenvalue weighted by molar-refractivity contribution is -0.142. The highest BCUT2D eigenvalue weighted by Gasteiger charge is 2.03. The molecule has 2 nitrogen and oxygen atoms in total. The first-order chi connectivity index (χ1) is 33.7. The van der Waals surface area contributed by atoms with E-state index in [-0.39, 0.29) is 5.97 Å². The molecule has 0 amide bonds. The Morgan fingerprint density at radius 2 is 0.543 bits per heavy atom. The third kappa shape index (κ3) is 48.2. The number of hydrogen-bond donors (Lipinski definition) is 0. The van der Waals surface area contributed by atoms with Crippen molar-refractivity contribution in [3.05, 3.63) is 129 Å². The van der Waals surface area contributed by atoms with E-state index >= 15 is 0 Å². The van der Waals surface area contributed by atoms with Crippen LogP contribution in [-0.2, 0) is 9.53 Å². The third-order valence-electron chi connectivity index (χ3n) is 13.7. The normalized spacial score (nSPS) is 14.1. The van der Waals surface area contributed by atoms with Crippen LogP contribution < -0.4 is 0 Å². The number of carbonyl (C=O) groups excluding carboxylic acids is 1. The maximum absolute atomic E-state index is 12.2. The number of carbonyl (C=O) groups is 1. The van der Waals surface area contributed by atoms with Gasteiger partial charge < -0.3 is 4.74 Å². The summed E-state index contributed by atoms with van der Waals surface area (Å²) in [5.41, 5.74) is 14.8. The highest BCUT2D eigenvalue weighted by Crippen LogP contribution is 2.19. The number of unbranched alkanes of at least 4 members (excludes halogenated alkanes) is 11. The van der Waals surface area contributed by atoms with Crippen molar-refractivity contribution in [3.63, 3.8) is 0 Å². The highest BCUT2D eigenvalue weighted by molar-refractivity contribution is 5.69. The lowest BCUT2D eigenvalue weighted by Gasteiger charge is -2.05. The lowest BCUT2D eigenvalue weighted by atomic mass is 10.0. The molecule has 0 radical (unpaired) electrons. The van der Waals surface area contributed by atoms with Crippen molar-refractivity contribution < 1.29 is 9.53 Å². The van der Waals surface area contributed by atoms with Crippen LogP contribution in [0.3, 0.4) is 0 Å². The number of allylic oxidation sites excluding steroid dienone is 21. The molecule has 70 heavy (non-hydrogen) atoms. The van der Waals surface area contributed by atoms with Crippen LogP contribution in [0.25, 0.3) is 0 Å². The second kappa shape index (κ2) is 47.9. The van der Waals surface area contributed by atoms with Crippen molar-refractivity contribution in [1.29, 1.82) is 0 Å². The van der Waals surface area contributed by atoms with Crippen LogP contribution in [0.2, 0.25) is 0 Å². The molecule has 0 aliphatic heterocycles. The molecular weight excluding hydrogens is 849 g/mol. The van der Waals surface area contributed by atoms with Crippen LogP contribution in [0.1, 0.15) is 289 Å². The molecule has 0 unspecified atom stereocenters. The number of ether oxygens (including phenoxy) is 1. The first-order valence-electron chi connectivity index (χ1n) is 29.1. The summed E-state index contributed by atoms with van der Waals surface area (Å²) in [7, 11) is 0. The summed E-state index contributed by atoms with van der Waals surface area (Å²) in [5.74, 6) is -0.0551. The van der Waals surface area contributed by atoms with Gasteiger partial charge in [-0.15, -0.1) is 0 Å². The maximum Gasteiger partial charge on any atom is 0.306 e. The molecule has 0 N–H and O–H groups in total. The van der Waals surface area contributed by atoms with E-state index in [2.05, 4.69) is 156 Å². The fourth-order valence-electron chi connectivity index (χ4n) is 8.57. The van der Waals surface area contributed by atoms with Crippen molar-refractivity contribution in [2.75, 3.05) is 6.61 Å². The van der Waals surface area contributed by atoms with Gasteiger partial charge in [0, 0.05) is 6.42 Å². The molecule has 0 aromatic rings. The highest BCUT2D eigenvalue weighted by atomic mass is 16.5. The first kappa shape index (κ1) is 66.6. The van der Waals surface area contributed by atoms with Gasteiger partial charge in [-0.3, -0.25) is 4.79 Å². The Bertz CT molecular complexity index is 1680. The summed E-state index contributed by atoms with van der Waals surface area (Å²) >= 11 is 0. The minimum Gasteiger partial charge on any atom is -0.461 e. The van der Waals surface area contributed by atoms with Crippen molar-refractivity contribution in [2.45, 2.75) is 289 Å². The third-order valence-corrected chi connectivity index (χ3v) is 13.7. The van der Waals surface area contributed by atoms with Gasteiger partial charge in [-0.2, -0.15) is 0 Å². The largest absolute Gasteiger partial charge is 0.461 e. The summed E-state index contributed by atoms with van der Waals surface area (Å²) in [4.78, 5) is 12.2. The van der Waals surface area contributed by atoms with E-state index in [9.17, 15) is 4.79 Å². The Morgan fingerprint density at radius 3 is 0.843 bits per heavy atom. The van der Waals surface area contributed by atoms with E-state index in [1.54, 1.807) is 0 Å². The van der Waals surface area contributed by atoms with Gasteiger partial charge in [-0.05, 0) is 230 Å². The summed E-state index contributed by atoms with van der Waals surface area (Å²) in [6.07, 6.45) is 66.3. The Hall–Kier alpha value is -3.39. The molecule has 0 bridgehead atoms. The molecule has 0 saturated carbocycles. The average Bonchev–Trinajstić information content (AvgIpc) is 3.30. The second-order valence-corrected chi connectivity index (χ2v) is 21.6.